The minimum absolute atomic E-state index is 0.638. The Kier molecular flexibility index (Phi) is 10.9. The zero-order valence-electron chi connectivity index (χ0n) is 8.99. The van der Waals surface area contributed by atoms with Crippen molar-refractivity contribution in [2.24, 2.45) is 0 Å². The van der Waals surface area contributed by atoms with Crippen molar-refractivity contribution in [1.82, 2.24) is 0 Å². The van der Waals surface area contributed by atoms with Crippen LogP contribution < -0.4 is 0 Å². The zero-order chi connectivity index (χ0) is 10.5. The van der Waals surface area contributed by atoms with Crippen molar-refractivity contribution in [1.29, 1.82) is 0 Å². The zero-order valence-corrected chi connectivity index (χ0v) is 8.99. The van der Waals surface area contributed by atoms with Crippen LogP contribution in [0.1, 0.15) is 39.0 Å². The maximum Gasteiger partial charge on any atom is 0.120 e. The standard InChI is InChI=1S/C13H20O/c1-2-3-4-5-6-7-8-9-10-11-12-13-14/h3-4,6-7,9-10,13H,2,5,8,11-12H2,1H3/b4-3-,7-6-,10-9-. The molecule has 0 aliphatic carbocycles. The molecule has 0 radical (unpaired) electrons. The molecule has 0 aromatic carbocycles. The van der Waals surface area contributed by atoms with E-state index in [9.17, 15) is 4.79 Å². The van der Waals surface area contributed by atoms with Gasteiger partial charge in [0.15, 0.2) is 0 Å². The largest absolute Gasteiger partial charge is 0.303 e. The second-order valence-corrected chi connectivity index (χ2v) is 3.04. The average Bonchev–Trinajstić information content (AvgIpc) is 2.21. The van der Waals surface area contributed by atoms with Gasteiger partial charge in [-0.05, 0) is 25.7 Å². The first-order valence-electron chi connectivity index (χ1n) is 5.30. The van der Waals surface area contributed by atoms with Gasteiger partial charge in [-0.25, -0.2) is 0 Å². The molecule has 0 rings (SSSR count). The molecular formula is C13H20O. The average molecular weight is 192 g/mol. The molecule has 0 unspecified atom stereocenters. The van der Waals surface area contributed by atoms with Gasteiger partial charge in [0.05, 0.1) is 0 Å². The molecule has 0 spiro atoms. The van der Waals surface area contributed by atoms with E-state index in [1.807, 2.05) is 0 Å². The van der Waals surface area contributed by atoms with Gasteiger partial charge < -0.3 is 4.79 Å². The van der Waals surface area contributed by atoms with E-state index in [2.05, 4.69) is 43.4 Å². The Balaban J connectivity index is 3.29. The quantitative estimate of drug-likeness (QED) is 0.324. The predicted molar refractivity (Wildman–Crippen MR) is 62.2 cm³/mol. The van der Waals surface area contributed by atoms with E-state index in [4.69, 9.17) is 0 Å². The van der Waals surface area contributed by atoms with E-state index in [-0.39, 0.29) is 0 Å². The number of rotatable bonds is 8. The van der Waals surface area contributed by atoms with Gasteiger partial charge in [-0.3, -0.25) is 0 Å². The number of allylic oxidation sites excluding steroid dienone is 6. The number of aldehydes is 1. The second-order valence-electron chi connectivity index (χ2n) is 3.04. The molecule has 0 aromatic heterocycles. The Hall–Kier alpha value is -1.11. The lowest BCUT2D eigenvalue weighted by atomic mass is 10.2. The third-order valence-corrected chi connectivity index (χ3v) is 1.73. The van der Waals surface area contributed by atoms with Crippen LogP contribution in [0.3, 0.4) is 0 Å². The lowest BCUT2D eigenvalue weighted by Crippen LogP contribution is -1.70. The Morgan fingerprint density at radius 2 is 1.36 bits per heavy atom. The molecule has 78 valence electrons. The Bertz CT molecular complexity index is 199. The summed E-state index contributed by atoms with van der Waals surface area (Å²) in [6, 6.07) is 0. The van der Waals surface area contributed by atoms with Crippen LogP contribution in [0, 0.1) is 0 Å². The fourth-order valence-corrected chi connectivity index (χ4v) is 0.991. The highest BCUT2D eigenvalue weighted by molar-refractivity contribution is 5.49. The van der Waals surface area contributed by atoms with Crippen LogP contribution in [0.15, 0.2) is 36.5 Å². The van der Waals surface area contributed by atoms with Crippen LogP contribution in [0.25, 0.3) is 0 Å². The molecule has 1 nitrogen and oxygen atoms in total. The molecule has 0 saturated heterocycles. The number of hydrogen-bond donors (Lipinski definition) is 0. The smallest absolute Gasteiger partial charge is 0.120 e. The van der Waals surface area contributed by atoms with Gasteiger partial charge in [0.25, 0.3) is 0 Å². The Morgan fingerprint density at radius 1 is 0.786 bits per heavy atom. The first-order chi connectivity index (χ1) is 6.91. The summed E-state index contributed by atoms with van der Waals surface area (Å²) in [4.78, 5) is 9.98. The molecule has 0 aliphatic rings. The highest BCUT2D eigenvalue weighted by Gasteiger charge is 1.76. The highest BCUT2D eigenvalue weighted by Crippen LogP contribution is 1.94. The maximum atomic E-state index is 9.98. The molecule has 0 saturated carbocycles. The van der Waals surface area contributed by atoms with Crippen LogP contribution >= 0.6 is 0 Å². The van der Waals surface area contributed by atoms with Crippen LogP contribution in [0.2, 0.25) is 0 Å². The van der Waals surface area contributed by atoms with Gasteiger partial charge in [0.2, 0.25) is 0 Å². The maximum absolute atomic E-state index is 9.98. The molecule has 0 aliphatic heterocycles. The van der Waals surface area contributed by atoms with Crippen molar-refractivity contribution in [3.05, 3.63) is 36.5 Å². The lowest BCUT2D eigenvalue weighted by molar-refractivity contribution is -0.107. The van der Waals surface area contributed by atoms with Crippen molar-refractivity contribution in [3.63, 3.8) is 0 Å². The lowest BCUT2D eigenvalue weighted by Gasteiger charge is -1.84. The van der Waals surface area contributed by atoms with E-state index < -0.39 is 0 Å². The van der Waals surface area contributed by atoms with Gasteiger partial charge in [-0.2, -0.15) is 0 Å². The summed E-state index contributed by atoms with van der Waals surface area (Å²) in [6.45, 7) is 2.13. The summed E-state index contributed by atoms with van der Waals surface area (Å²) in [5.41, 5.74) is 0. The molecule has 0 atom stereocenters. The molecule has 0 fully saturated rings. The summed E-state index contributed by atoms with van der Waals surface area (Å²) < 4.78 is 0. The fourth-order valence-electron chi connectivity index (χ4n) is 0.991. The third-order valence-electron chi connectivity index (χ3n) is 1.73. The van der Waals surface area contributed by atoms with Crippen LogP contribution in [-0.4, -0.2) is 6.29 Å². The van der Waals surface area contributed by atoms with Crippen LogP contribution in [-0.2, 0) is 4.79 Å². The second kappa shape index (κ2) is 11.9. The Labute approximate surface area is 87.2 Å². The molecule has 0 amide bonds. The Morgan fingerprint density at radius 3 is 1.93 bits per heavy atom. The third kappa shape index (κ3) is 10.9. The summed E-state index contributed by atoms with van der Waals surface area (Å²) >= 11 is 0. The summed E-state index contributed by atoms with van der Waals surface area (Å²) in [7, 11) is 0. The molecular weight excluding hydrogens is 172 g/mol. The van der Waals surface area contributed by atoms with Gasteiger partial charge in [-0.15, -0.1) is 0 Å². The van der Waals surface area contributed by atoms with Crippen LogP contribution in [0.4, 0.5) is 0 Å². The van der Waals surface area contributed by atoms with Gasteiger partial charge >= 0.3 is 0 Å². The van der Waals surface area contributed by atoms with E-state index >= 15 is 0 Å². The minimum Gasteiger partial charge on any atom is -0.303 e. The SMILES string of the molecule is CC/C=C\C/C=C\C/C=C\CCC=O. The summed E-state index contributed by atoms with van der Waals surface area (Å²) in [5.74, 6) is 0. The van der Waals surface area contributed by atoms with E-state index in [1.165, 1.54) is 0 Å². The highest BCUT2D eigenvalue weighted by atomic mass is 16.1. The summed E-state index contributed by atoms with van der Waals surface area (Å²) in [6.07, 6.45) is 18.4. The minimum atomic E-state index is 0.638. The first-order valence-corrected chi connectivity index (χ1v) is 5.30. The van der Waals surface area contributed by atoms with Gasteiger partial charge in [0, 0.05) is 6.42 Å². The van der Waals surface area contributed by atoms with Gasteiger partial charge in [-0.1, -0.05) is 43.4 Å². The van der Waals surface area contributed by atoms with Crippen molar-refractivity contribution >= 4 is 6.29 Å². The van der Waals surface area contributed by atoms with Crippen LogP contribution in [0.5, 0.6) is 0 Å². The van der Waals surface area contributed by atoms with Crippen molar-refractivity contribution in [2.45, 2.75) is 39.0 Å². The summed E-state index contributed by atoms with van der Waals surface area (Å²) in [5, 5.41) is 0. The van der Waals surface area contributed by atoms with Crippen molar-refractivity contribution in [2.75, 3.05) is 0 Å². The fraction of sp³-hybridized carbons (Fsp3) is 0.462. The normalized spacial score (nSPS) is 12.1. The number of hydrogen-bond acceptors (Lipinski definition) is 1. The molecule has 0 N–H and O–H groups in total. The van der Waals surface area contributed by atoms with E-state index in [0.717, 1.165) is 32.0 Å². The molecule has 0 bridgehead atoms. The first kappa shape index (κ1) is 12.9. The monoisotopic (exact) mass is 192 g/mol. The predicted octanol–water partition coefficient (Wildman–Crippen LogP) is 3.82. The number of unbranched alkanes of at least 4 members (excludes halogenated alkanes) is 1. The van der Waals surface area contributed by atoms with E-state index in [0.29, 0.717) is 6.42 Å². The molecule has 14 heavy (non-hydrogen) atoms. The van der Waals surface area contributed by atoms with Crippen molar-refractivity contribution in [3.8, 4) is 0 Å². The topological polar surface area (TPSA) is 17.1 Å². The number of carbonyl (C=O) groups is 1. The van der Waals surface area contributed by atoms with Gasteiger partial charge in [0.1, 0.15) is 6.29 Å². The molecule has 1 heteroatoms. The number of carbonyl (C=O) groups excluding carboxylic acids is 1. The molecule has 0 heterocycles. The van der Waals surface area contributed by atoms with E-state index in [1.54, 1.807) is 0 Å². The van der Waals surface area contributed by atoms with Crippen molar-refractivity contribution < 1.29 is 4.79 Å². The molecule has 0 aromatic rings.